The van der Waals surface area contributed by atoms with Gasteiger partial charge in [0.05, 0.1) is 11.9 Å². The Labute approximate surface area is 94.7 Å². The predicted octanol–water partition coefficient (Wildman–Crippen LogP) is 1.97. The zero-order chi connectivity index (χ0) is 11.7. The highest BCUT2D eigenvalue weighted by Crippen LogP contribution is 2.27. The Kier molecular flexibility index (Phi) is 2.86. The van der Waals surface area contributed by atoms with Gasteiger partial charge in [0.25, 0.3) is 6.43 Å². The number of rotatable bonds is 3. The number of alkyl halides is 2. The van der Waals surface area contributed by atoms with Crippen LogP contribution in [0.5, 0.6) is 0 Å². The summed E-state index contributed by atoms with van der Waals surface area (Å²) >= 11 is 1.41. The van der Waals surface area contributed by atoms with Crippen molar-refractivity contribution in [3.63, 3.8) is 0 Å². The lowest BCUT2D eigenvalue weighted by molar-refractivity contribution is 0.156. The van der Waals surface area contributed by atoms with E-state index >= 15 is 0 Å². The third kappa shape index (κ3) is 2.04. The first kappa shape index (κ1) is 11.0. The summed E-state index contributed by atoms with van der Waals surface area (Å²) in [5.41, 5.74) is 5.52. The van der Waals surface area contributed by atoms with Crippen LogP contribution in [0.1, 0.15) is 0 Å². The van der Waals surface area contributed by atoms with Gasteiger partial charge in [-0.25, -0.2) is 13.8 Å². The first-order chi connectivity index (χ1) is 7.58. The van der Waals surface area contributed by atoms with E-state index in [9.17, 15) is 8.78 Å². The molecule has 0 aliphatic heterocycles. The fourth-order valence-electron chi connectivity index (χ4n) is 1.44. The van der Waals surface area contributed by atoms with Gasteiger partial charge in [0.1, 0.15) is 10.6 Å². The number of fused-ring (bicyclic) bond motifs is 1. The van der Waals surface area contributed by atoms with Crippen molar-refractivity contribution in [2.75, 3.05) is 24.2 Å². The fourth-order valence-corrected chi connectivity index (χ4v) is 2.21. The molecule has 4 nitrogen and oxygen atoms in total. The molecule has 2 rings (SSSR count). The number of thiophene rings is 1. The molecule has 2 N–H and O–H groups in total. The van der Waals surface area contributed by atoms with Crippen LogP contribution < -0.4 is 10.6 Å². The minimum absolute atomic E-state index is 0.103. The maximum Gasteiger partial charge on any atom is 0.255 e. The van der Waals surface area contributed by atoms with E-state index in [1.54, 1.807) is 13.1 Å². The summed E-state index contributed by atoms with van der Waals surface area (Å²) in [4.78, 5) is 10.1. The molecule has 0 bridgehead atoms. The monoisotopic (exact) mass is 244 g/mol. The molecule has 7 heteroatoms. The van der Waals surface area contributed by atoms with Crippen LogP contribution in [0, 0.1) is 0 Å². The summed E-state index contributed by atoms with van der Waals surface area (Å²) in [7, 11) is 1.56. The highest BCUT2D eigenvalue weighted by atomic mass is 32.1. The minimum Gasteiger partial charge on any atom is -0.368 e. The highest BCUT2D eigenvalue weighted by Gasteiger charge is 2.14. The topological polar surface area (TPSA) is 55.0 Å². The van der Waals surface area contributed by atoms with Crippen molar-refractivity contribution in [1.82, 2.24) is 9.97 Å². The Balaban J connectivity index is 2.45. The molecule has 0 spiro atoms. The van der Waals surface area contributed by atoms with Gasteiger partial charge in [0.15, 0.2) is 0 Å². The van der Waals surface area contributed by atoms with Crippen molar-refractivity contribution in [3.05, 3.63) is 11.4 Å². The number of aromatic nitrogens is 2. The summed E-state index contributed by atoms with van der Waals surface area (Å²) in [5, 5.41) is 2.58. The standard InChI is InChI=1S/C9H10F2N4S/c1-15(4-6(10)11)7-5-2-3-16-8(5)14-9(12)13-7/h2-3,6H,4H2,1H3,(H2,12,13,14). The van der Waals surface area contributed by atoms with Gasteiger partial charge in [-0.2, -0.15) is 4.98 Å². The molecule has 0 amide bonds. The van der Waals surface area contributed by atoms with Crippen LogP contribution in [0.15, 0.2) is 11.4 Å². The largest absolute Gasteiger partial charge is 0.368 e. The van der Waals surface area contributed by atoms with Crippen LogP contribution >= 0.6 is 11.3 Å². The number of hydrogen-bond acceptors (Lipinski definition) is 5. The van der Waals surface area contributed by atoms with Crippen molar-refractivity contribution in [1.29, 1.82) is 0 Å². The van der Waals surface area contributed by atoms with Gasteiger partial charge in [-0.15, -0.1) is 11.3 Å². The molecule has 0 radical (unpaired) electrons. The van der Waals surface area contributed by atoms with Gasteiger partial charge in [-0.05, 0) is 11.4 Å². The van der Waals surface area contributed by atoms with Crippen LogP contribution in [-0.2, 0) is 0 Å². The molecule has 2 aromatic heterocycles. The number of nitrogens with zero attached hydrogens (tertiary/aromatic N) is 3. The third-order valence-corrected chi connectivity index (χ3v) is 2.90. The molecule has 16 heavy (non-hydrogen) atoms. The Morgan fingerprint density at radius 3 is 2.94 bits per heavy atom. The van der Waals surface area contributed by atoms with Gasteiger partial charge in [0.2, 0.25) is 5.95 Å². The van der Waals surface area contributed by atoms with Crippen LogP contribution in [0.25, 0.3) is 10.2 Å². The molecular weight excluding hydrogens is 234 g/mol. The van der Waals surface area contributed by atoms with Crippen molar-refractivity contribution >= 4 is 33.3 Å². The lowest BCUT2D eigenvalue weighted by Crippen LogP contribution is -2.25. The normalized spacial score (nSPS) is 11.2. The zero-order valence-corrected chi connectivity index (χ0v) is 9.34. The molecule has 0 fully saturated rings. The first-order valence-electron chi connectivity index (χ1n) is 4.58. The molecular formula is C9H10F2N4S. The quantitative estimate of drug-likeness (QED) is 0.897. The summed E-state index contributed by atoms with van der Waals surface area (Å²) in [6, 6.07) is 1.80. The molecule has 86 valence electrons. The van der Waals surface area contributed by atoms with E-state index in [1.165, 1.54) is 16.2 Å². The maximum atomic E-state index is 12.3. The number of nitrogens with two attached hydrogens (primary N) is 1. The smallest absolute Gasteiger partial charge is 0.255 e. The Hall–Kier alpha value is -1.50. The van der Waals surface area contributed by atoms with Crippen molar-refractivity contribution < 1.29 is 8.78 Å². The van der Waals surface area contributed by atoms with Gasteiger partial charge in [-0.3, -0.25) is 0 Å². The summed E-state index contributed by atoms with van der Waals surface area (Å²) < 4.78 is 24.6. The predicted molar refractivity (Wildman–Crippen MR) is 61.1 cm³/mol. The van der Waals surface area contributed by atoms with Crippen molar-refractivity contribution in [3.8, 4) is 0 Å². The van der Waals surface area contributed by atoms with Crippen LogP contribution in [0.3, 0.4) is 0 Å². The van der Waals surface area contributed by atoms with Crippen molar-refractivity contribution in [2.24, 2.45) is 0 Å². The average Bonchev–Trinajstić information content (AvgIpc) is 2.62. The van der Waals surface area contributed by atoms with Gasteiger partial charge >= 0.3 is 0 Å². The van der Waals surface area contributed by atoms with E-state index in [-0.39, 0.29) is 12.5 Å². The molecule has 0 saturated heterocycles. The van der Waals surface area contributed by atoms with Gasteiger partial charge in [-0.1, -0.05) is 0 Å². The number of hydrogen-bond donors (Lipinski definition) is 1. The van der Waals surface area contributed by atoms with Gasteiger partial charge in [0, 0.05) is 7.05 Å². The lowest BCUT2D eigenvalue weighted by Gasteiger charge is -2.18. The van der Waals surface area contributed by atoms with E-state index in [0.717, 1.165) is 5.39 Å². The second-order valence-corrected chi connectivity index (χ2v) is 4.21. The van der Waals surface area contributed by atoms with E-state index in [2.05, 4.69) is 9.97 Å². The van der Waals surface area contributed by atoms with Crippen molar-refractivity contribution in [2.45, 2.75) is 6.43 Å². The molecule has 0 aliphatic rings. The number of halogens is 2. The van der Waals surface area contributed by atoms with Gasteiger partial charge < -0.3 is 10.6 Å². The number of nitrogen functional groups attached to an aromatic ring is 1. The second-order valence-electron chi connectivity index (χ2n) is 3.32. The Morgan fingerprint density at radius 1 is 1.50 bits per heavy atom. The lowest BCUT2D eigenvalue weighted by atomic mass is 10.3. The second kappa shape index (κ2) is 4.17. The third-order valence-electron chi connectivity index (χ3n) is 2.10. The average molecular weight is 244 g/mol. The maximum absolute atomic E-state index is 12.3. The first-order valence-corrected chi connectivity index (χ1v) is 5.46. The molecule has 0 aliphatic carbocycles. The summed E-state index contributed by atoms with van der Waals surface area (Å²) in [6.45, 7) is -0.374. The Bertz CT molecular complexity index is 499. The Morgan fingerprint density at radius 2 is 2.25 bits per heavy atom. The van der Waals surface area contributed by atoms with E-state index in [0.29, 0.717) is 10.6 Å². The minimum atomic E-state index is -2.41. The van der Waals surface area contributed by atoms with E-state index in [1.807, 2.05) is 5.38 Å². The fraction of sp³-hybridized carbons (Fsp3) is 0.333. The molecule has 0 atom stereocenters. The zero-order valence-electron chi connectivity index (χ0n) is 8.52. The van der Waals surface area contributed by atoms with Crippen LogP contribution in [0.2, 0.25) is 0 Å². The van der Waals surface area contributed by atoms with E-state index < -0.39 is 6.43 Å². The van der Waals surface area contributed by atoms with Crippen LogP contribution in [-0.4, -0.2) is 30.0 Å². The molecule has 0 aromatic carbocycles. The summed E-state index contributed by atoms with van der Waals surface area (Å²) in [5.74, 6) is 0.551. The SMILES string of the molecule is CN(CC(F)F)c1nc(N)nc2sccc12. The highest BCUT2D eigenvalue weighted by molar-refractivity contribution is 7.16. The number of anilines is 2. The molecule has 2 heterocycles. The molecule has 0 unspecified atom stereocenters. The van der Waals surface area contributed by atoms with Crippen LogP contribution in [0.4, 0.5) is 20.5 Å². The molecule has 0 saturated carbocycles. The molecule has 2 aromatic rings. The van der Waals surface area contributed by atoms with E-state index in [4.69, 9.17) is 5.73 Å². The summed E-state index contributed by atoms with van der Waals surface area (Å²) in [6.07, 6.45) is -2.41.